The zero-order valence-corrected chi connectivity index (χ0v) is 77.0. The number of pyridine rings is 1. The number of allylic oxidation sites excluding steroid dienone is 6. The van der Waals surface area contributed by atoms with E-state index in [2.05, 4.69) is 15.6 Å². The first-order valence-electron chi connectivity index (χ1n) is 44.6. The van der Waals surface area contributed by atoms with Crippen molar-refractivity contribution < 1.29 is 120 Å². The van der Waals surface area contributed by atoms with Gasteiger partial charge in [-0.3, -0.25) is 28.8 Å². The number of fused-ring (bicyclic) bond motifs is 4. The highest BCUT2D eigenvalue weighted by atomic mass is 32.2. The number of hydrogen-bond acceptors (Lipinski definition) is 29. The Balaban J connectivity index is 0.636. The van der Waals surface area contributed by atoms with Crippen molar-refractivity contribution in [1.29, 1.82) is 0 Å². The highest BCUT2D eigenvalue weighted by Crippen LogP contribution is 2.39. The minimum absolute atomic E-state index is 0.0100. The van der Waals surface area contributed by atoms with Crippen LogP contribution in [-0.4, -0.2) is 300 Å². The lowest BCUT2D eigenvalue weighted by Crippen LogP contribution is -2.61. The second kappa shape index (κ2) is 55.6. The maximum atomic E-state index is 14.7. The molecule has 127 heavy (non-hydrogen) atoms. The van der Waals surface area contributed by atoms with Gasteiger partial charge in [-0.15, -0.1) is 0 Å². The van der Waals surface area contributed by atoms with E-state index >= 15 is 0 Å². The van der Waals surface area contributed by atoms with Crippen LogP contribution in [0.2, 0.25) is 0 Å². The molecule has 5 heterocycles. The Morgan fingerprint density at radius 3 is 2.00 bits per heavy atom. The second-order valence-corrected chi connectivity index (χ2v) is 35.2. The van der Waals surface area contributed by atoms with E-state index in [0.29, 0.717) is 199 Å². The standard InChI is InChI=1S/C93H137N7O25S2/c1-61-15-11-10-12-16-62(2)80(112-8)57-72-22-18-67(7)93(110,125-72)88(106)90(108)100-31-14-13-17-76(100)91(109)123-81(58-77(101)64(4)52-66(6)86(104)87(105)85(103)65(5)51-61)75(94)54-68-19-25-79(82(55-68)113-9)124-92(126)97-29-34-115-37-39-117-41-43-119-45-47-121-49-48-120-46-44-118-42-40-116-38-36-114-33-28-84(102)96-30-50-127(111)73-23-24-74(63(3)53-73)89(107)99-32-35-122-78-26-20-69(56-71(78)60-99)70-21-27-83(95)98-59-70/h10-12,15-16,20-21,23-24,26-27,52-53,56,59,61,64-65,67-68,72,75-76,79-82,86-87,104-105,110H,13-14,17-19,22,25,28-51,54-55,57-58,60,94H2,1-9H3,(H2,95,98)(H,96,102)(H,97,126)/b12-10+,15-11+,62-16+,66-52+/t61-,64-,65-,67-,68+,72+,75-,76+,79-,80+,81+,82-,86-,87+,93-,127?/m1/s1. The van der Waals surface area contributed by atoms with Crippen molar-refractivity contribution in [2.75, 3.05) is 164 Å². The number of ketones is 3. The summed E-state index contributed by atoms with van der Waals surface area (Å²) in [5, 5.41) is 40.7. The lowest BCUT2D eigenvalue weighted by molar-refractivity contribution is -0.265. The minimum atomic E-state index is -2.50. The van der Waals surface area contributed by atoms with E-state index in [1.54, 1.807) is 70.4 Å². The number of rotatable bonds is 39. The predicted octanol–water partition coefficient (Wildman–Crippen LogP) is 7.55. The number of benzene rings is 2. The van der Waals surface area contributed by atoms with E-state index in [1.807, 2.05) is 75.4 Å². The summed E-state index contributed by atoms with van der Waals surface area (Å²) in [5.41, 5.74) is 17.8. The van der Waals surface area contributed by atoms with Gasteiger partial charge in [-0.25, -0.2) is 9.78 Å². The fraction of sp³-hybridized carbons (Fsp3) is 0.645. The van der Waals surface area contributed by atoms with Crippen LogP contribution in [0.15, 0.2) is 107 Å². The summed E-state index contributed by atoms with van der Waals surface area (Å²) in [7, 11) is 3.13. The third-order valence-corrected chi connectivity index (χ3v) is 25.2. The van der Waals surface area contributed by atoms with Crippen molar-refractivity contribution >= 4 is 75.4 Å². The molecule has 1 aromatic heterocycles. The number of aliphatic hydroxyl groups excluding tert-OH is 2. The Bertz CT molecular complexity index is 4080. The number of Topliss-reactive ketones (excluding diaryl/α,β-unsaturated/α-hetero) is 3. The molecule has 0 spiro atoms. The first-order chi connectivity index (χ1) is 61.1. The average Bonchev–Trinajstić information content (AvgIpc) is 1.05. The van der Waals surface area contributed by atoms with Gasteiger partial charge in [-0.05, 0) is 185 Å². The number of hydrogen-bond donors (Lipinski definition) is 7. The number of esters is 1. The van der Waals surface area contributed by atoms with Crippen LogP contribution in [0.4, 0.5) is 5.82 Å². The zero-order valence-electron chi connectivity index (χ0n) is 75.3. The first-order valence-corrected chi connectivity index (χ1v) is 46.3. The summed E-state index contributed by atoms with van der Waals surface area (Å²) in [6, 6.07) is 12.5. The van der Waals surface area contributed by atoms with Crippen molar-refractivity contribution in [3.63, 3.8) is 0 Å². The number of cyclic esters (lactones) is 1. The number of ether oxygens (including phenoxy) is 14. The molecule has 8 rings (SSSR count). The smallest absolute Gasteiger partial charge is 0.329 e. The van der Waals surface area contributed by atoms with Crippen LogP contribution in [-0.2, 0) is 108 Å². The predicted molar refractivity (Wildman–Crippen MR) is 480 cm³/mol. The van der Waals surface area contributed by atoms with Crippen LogP contribution in [0.25, 0.3) is 11.1 Å². The number of thiocarbonyl (C=S) groups is 1. The number of methoxy groups -OCH3 is 2. The van der Waals surface area contributed by atoms with Gasteiger partial charge in [0.15, 0.2) is 10.7 Å². The Morgan fingerprint density at radius 2 is 1.36 bits per heavy atom. The molecule has 2 aromatic carbocycles. The number of carbonyl (C=O) groups excluding carboxylic acids is 7. The van der Waals surface area contributed by atoms with Gasteiger partial charge in [0.2, 0.25) is 11.7 Å². The third kappa shape index (κ3) is 34.3. The lowest BCUT2D eigenvalue weighted by Gasteiger charge is -2.42. The monoisotopic (exact) mass is 1820 g/mol. The fourth-order valence-corrected chi connectivity index (χ4v) is 17.3. The number of nitrogen functional groups attached to an aromatic ring is 1. The van der Waals surface area contributed by atoms with E-state index in [9.17, 15) is 53.4 Å². The van der Waals surface area contributed by atoms with Gasteiger partial charge >= 0.3 is 5.97 Å². The second-order valence-electron chi connectivity index (χ2n) is 33.3. The highest BCUT2D eigenvalue weighted by molar-refractivity contribution is 7.91. The van der Waals surface area contributed by atoms with Crippen molar-refractivity contribution in [1.82, 2.24) is 25.4 Å². The number of aromatic nitrogens is 1. The van der Waals surface area contributed by atoms with Gasteiger partial charge in [0, 0.05) is 99.8 Å². The minimum Gasteiger partial charge on any atom is -0.611 e. The number of aryl methyl sites for hydroxylation is 1. The molecule has 3 aromatic rings. The van der Waals surface area contributed by atoms with Crippen molar-refractivity contribution in [3.05, 3.63) is 119 Å². The number of nitrogens with one attached hydrogen (secondary N) is 2. The van der Waals surface area contributed by atoms with Crippen LogP contribution >= 0.6 is 12.2 Å². The molecule has 2 saturated heterocycles. The highest BCUT2D eigenvalue weighted by Gasteiger charge is 2.53. The van der Waals surface area contributed by atoms with Crippen LogP contribution in [0.3, 0.4) is 0 Å². The number of piperidine rings is 1. The normalized spacial score (nSPS) is 27.1. The summed E-state index contributed by atoms with van der Waals surface area (Å²) in [5.74, 6) is -8.12. The largest absolute Gasteiger partial charge is 0.611 e. The molecule has 1 saturated carbocycles. The number of nitrogens with zero attached hydrogens (tertiary/aromatic N) is 3. The Kier molecular flexibility index (Phi) is 45.9. The van der Waals surface area contributed by atoms with Gasteiger partial charge in [0.25, 0.3) is 22.8 Å². The quantitative estimate of drug-likeness (QED) is 0.00723. The molecule has 706 valence electrons. The van der Waals surface area contributed by atoms with Crippen molar-refractivity contribution in [3.8, 4) is 16.9 Å². The van der Waals surface area contributed by atoms with Gasteiger partial charge in [0.1, 0.15) is 60.2 Å². The molecule has 1 unspecified atom stereocenters. The summed E-state index contributed by atoms with van der Waals surface area (Å²) in [6.07, 6.45) is 10.2. The first kappa shape index (κ1) is 105. The number of anilines is 1. The van der Waals surface area contributed by atoms with Crippen LogP contribution in [0, 0.1) is 36.5 Å². The molecule has 32 nitrogen and oxygen atoms in total. The van der Waals surface area contributed by atoms with E-state index in [0.717, 1.165) is 32.9 Å². The fourth-order valence-electron chi connectivity index (χ4n) is 16.0. The molecular weight excluding hydrogens is 1680 g/mol. The number of amides is 3. The van der Waals surface area contributed by atoms with Gasteiger partial charge < -0.3 is 118 Å². The van der Waals surface area contributed by atoms with Gasteiger partial charge in [-0.2, -0.15) is 0 Å². The molecule has 4 aliphatic heterocycles. The summed E-state index contributed by atoms with van der Waals surface area (Å²) >= 11 is 4.17. The van der Waals surface area contributed by atoms with Crippen LogP contribution in [0.5, 0.6) is 5.75 Å². The number of aliphatic hydroxyl groups is 3. The molecule has 0 radical (unpaired) electrons. The van der Waals surface area contributed by atoms with E-state index in [-0.39, 0.29) is 92.0 Å². The SMILES string of the molecule is CO[C@H]1C[C@@H]2CC[C@@H](C)[C@@](O)(O2)C(=O)C(=O)N2CCCC[C@H]2C(=O)O[C@H]([C@H](N)C[C@@H]2CC[C@@H](OC(=S)NCCOCCOCCOCCOCCOCCOCCOCCOCCC(=O)NCC[S+]([O-])c3ccc(C(=O)N4CCOc5ccc(-c6ccc(N)nc6)cc5C4)c(C)c3)[C@H](OC)C2)CC(=O)[C@H](C)/C=C(\C)[C@@H](O)[C@@H](O)C(=O)[C@H](C)C[C@H](C)/C=C/C=C/C=C/1C. The molecule has 16 atom stereocenters. The maximum absolute atomic E-state index is 14.7. The molecule has 9 N–H and O–H groups in total. The van der Waals surface area contributed by atoms with E-state index < -0.39 is 119 Å². The zero-order chi connectivity index (χ0) is 91.8. The molecule has 5 aliphatic rings. The third-order valence-electron chi connectivity index (χ3n) is 23.6. The van der Waals surface area contributed by atoms with E-state index in [4.69, 9.17) is 90.0 Å². The summed E-state index contributed by atoms with van der Waals surface area (Å²) in [6.45, 7) is 19.6. The number of carbonyl (C=O) groups is 7. The van der Waals surface area contributed by atoms with E-state index in [1.165, 1.54) is 13.0 Å². The summed E-state index contributed by atoms with van der Waals surface area (Å²) in [4.78, 5) is 105. The molecule has 34 heteroatoms. The maximum Gasteiger partial charge on any atom is 0.329 e. The molecular formula is C93H137N7O25S2. The molecule has 1 aliphatic carbocycles. The van der Waals surface area contributed by atoms with Crippen molar-refractivity contribution in [2.24, 2.45) is 35.3 Å². The molecule has 2 bridgehead atoms. The Hall–Kier alpha value is -7.56. The lowest BCUT2D eigenvalue weighted by atomic mass is 9.80. The topological polar surface area (TPSA) is 428 Å². The summed E-state index contributed by atoms with van der Waals surface area (Å²) < 4.78 is 94.5. The molecule has 3 fully saturated rings. The average molecular weight is 1820 g/mol. The van der Waals surface area contributed by atoms with Crippen LogP contribution in [0.1, 0.15) is 146 Å². The Morgan fingerprint density at radius 1 is 0.709 bits per heavy atom. The van der Waals surface area contributed by atoms with Gasteiger partial charge in [-0.1, -0.05) is 70.2 Å². The molecule has 3 amide bonds. The Labute approximate surface area is 756 Å². The van der Waals surface area contributed by atoms with Gasteiger partial charge in [0.05, 0.1) is 137 Å². The van der Waals surface area contributed by atoms with Crippen molar-refractivity contribution in [2.45, 2.75) is 204 Å². The van der Waals surface area contributed by atoms with Crippen LogP contribution < -0.4 is 26.8 Å². The number of nitrogens with two attached hydrogens (primary N) is 2.